The maximum atomic E-state index is 11.6. The molecule has 3 atom stereocenters. The highest BCUT2D eigenvalue weighted by molar-refractivity contribution is 5.79. The van der Waals surface area contributed by atoms with Crippen LogP contribution in [0.4, 0.5) is 0 Å². The first kappa shape index (κ1) is 11.5. The van der Waals surface area contributed by atoms with E-state index in [9.17, 15) is 4.79 Å². The van der Waals surface area contributed by atoms with Gasteiger partial charge in [-0.25, -0.2) is 0 Å². The maximum absolute atomic E-state index is 11.6. The fourth-order valence-corrected chi connectivity index (χ4v) is 2.04. The standard InChI is InChI=1S/C10H20N2O2/c1-7(13)6-12-10(14)9-4-2-3-8(9)5-11/h7-9,13H,2-6,11H2,1H3,(H,12,14). The lowest BCUT2D eigenvalue weighted by molar-refractivity contribution is -0.126. The minimum atomic E-state index is -0.475. The van der Waals surface area contributed by atoms with Crippen LogP contribution < -0.4 is 11.1 Å². The topological polar surface area (TPSA) is 75.3 Å². The number of amides is 1. The van der Waals surface area contributed by atoms with E-state index in [1.165, 1.54) is 0 Å². The Morgan fingerprint density at radius 1 is 1.64 bits per heavy atom. The number of carbonyl (C=O) groups excluding carboxylic acids is 1. The molecule has 14 heavy (non-hydrogen) atoms. The Morgan fingerprint density at radius 3 is 2.93 bits per heavy atom. The first-order chi connectivity index (χ1) is 6.65. The summed E-state index contributed by atoms with van der Waals surface area (Å²) in [6.45, 7) is 2.59. The monoisotopic (exact) mass is 200 g/mol. The van der Waals surface area contributed by atoms with Crippen LogP contribution in [0.1, 0.15) is 26.2 Å². The zero-order valence-corrected chi connectivity index (χ0v) is 8.70. The van der Waals surface area contributed by atoms with Crippen LogP contribution in [0.3, 0.4) is 0 Å². The number of hydrogen-bond acceptors (Lipinski definition) is 3. The van der Waals surface area contributed by atoms with Gasteiger partial charge < -0.3 is 16.2 Å². The molecule has 0 bridgehead atoms. The third-order valence-electron chi connectivity index (χ3n) is 2.87. The van der Waals surface area contributed by atoms with Crippen molar-refractivity contribution in [3.63, 3.8) is 0 Å². The first-order valence-corrected chi connectivity index (χ1v) is 5.31. The average Bonchev–Trinajstić information content (AvgIpc) is 2.61. The van der Waals surface area contributed by atoms with Crippen molar-refractivity contribution in [3.8, 4) is 0 Å². The van der Waals surface area contributed by atoms with Gasteiger partial charge in [-0.05, 0) is 32.2 Å². The van der Waals surface area contributed by atoms with Crippen molar-refractivity contribution in [1.82, 2.24) is 5.32 Å². The predicted molar refractivity (Wildman–Crippen MR) is 54.6 cm³/mol. The molecular formula is C10H20N2O2. The van der Waals surface area contributed by atoms with Gasteiger partial charge in [-0.3, -0.25) is 4.79 Å². The van der Waals surface area contributed by atoms with Crippen molar-refractivity contribution in [1.29, 1.82) is 0 Å². The van der Waals surface area contributed by atoms with Gasteiger partial charge in [0.2, 0.25) is 5.91 Å². The van der Waals surface area contributed by atoms with E-state index in [4.69, 9.17) is 10.8 Å². The van der Waals surface area contributed by atoms with Gasteiger partial charge in [0, 0.05) is 12.5 Å². The number of aliphatic hydroxyl groups excluding tert-OH is 1. The molecule has 4 N–H and O–H groups in total. The van der Waals surface area contributed by atoms with Crippen molar-refractivity contribution < 1.29 is 9.90 Å². The van der Waals surface area contributed by atoms with E-state index in [2.05, 4.69) is 5.32 Å². The molecule has 0 aromatic heterocycles. The maximum Gasteiger partial charge on any atom is 0.223 e. The molecule has 1 aliphatic rings. The Kier molecular flexibility index (Phi) is 4.35. The Morgan fingerprint density at radius 2 is 2.36 bits per heavy atom. The highest BCUT2D eigenvalue weighted by Crippen LogP contribution is 2.30. The summed E-state index contributed by atoms with van der Waals surface area (Å²) < 4.78 is 0. The summed E-state index contributed by atoms with van der Waals surface area (Å²) in [5.41, 5.74) is 5.59. The van der Waals surface area contributed by atoms with Crippen LogP contribution in [0.5, 0.6) is 0 Å². The summed E-state index contributed by atoms with van der Waals surface area (Å²) in [6.07, 6.45) is 2.61. The highest BCUT2D eigenvalue weighted by atomic mass is 16.3. The van der Waals surface area contributed by atoms with E-state index in [1.54, 1.807) is 6.92 Å². The van der Waals surface area contributed by atoms with E-state index >= 15 is 0 Å². The summed E-state index contributed by atoms with van der Waals surface area (Å²) in [5, 5.41) is 11.8. The van der Waals surface area contributed by atoms with Gasteiger partial charge in [-0.1, -0.05) is 6.42 Å². The van der Waals surface area contributed by atoms with Gasteiger partial charge in [0.05, 0.1) is 6.10 Å². The molecule has 0 spiro atoms. The number of nitrogens with two attached hydrogens (primary N) is 1. The van der Waals surface area contributed by atoms with Crippen molar-refractivity contribution in [2.75, 3.05) is 13.1 Å². The summed E-state index contributed by atoms with van der Waals surface area (Å²) >= 11 is 0. The molecule has 1 aliphatic carbocycles. The summed E-state index contributed by atoms with van der Waals surface area (Å²) in [4.78, 5) is 11.6. The molecule has 0 saturated heterocycles. The van der Waals surface area contributed by atoms with E-state index in [0.29, 0.717) is 19.0 Å². The zero-order chi connectivity index (χ0) is 10.6. The predicted octanol–water partition coefficient (Wildman–Crippen LogP) is -0.142. The first-order valence-electron chi connectivity index (χ1n) is 5.31. The molecule has 1 saturated carbocycles. The zero-order valence-electron chi connectivity index (χ0n) is 8.70. The highest BCUT2D eigenvalue weighted by Gasteiger charge is 2.31. The molecule has 82 valence electrons. The molecular weight excluding hydrogens is 180 g/mol. The normalized spacial score (nSPS) is 28.8. The lowest BCUT2D eigenvalue weighted by atomic mass is 9.95. The molecule has 4 nitrogen and oxygen atoms in total. The number of carbonyl (C=O) groups is 1. The molecule has 0 heterocycles. The molecule has 1 amide bonds. The molecule has 3 unspecified atom stereocenters. The Hall–Kier alpha value is -0.610. The summed E-state index contributed by atoms with van der Waals surface area (Å²) in [7, 11) is 0. The van der Waals surface area contributed by atoms with Crippen LogP contribution in [0.15, 0.2) is 0 Å². The molecule has 0 radical (unpaired) electrons. The smallest absolute Gasteiger partial charge is 0.223 e. The van der Waals surface area contributed by atoms with Crippen LogP contribution >= 0.6 is 0 Å². The second kappa shape index (κ2) is 5.32. The van der Waals surface area contributed by atoms with Crippen molar-refractivity contribution in [2.24, 2.45) is 17.6 Å². The molecule has 0 aromatic rings. The van der Waals surface area contributed by atoms with Crippen LogP contribution in [-0.2, 0) is 4.79 Å². The average molecular weight is 200 g/mol. The second-order valence-electron chi connectivity index (χ2n) is 4.13. The third-order valence-corrected chi connectivity index (χ3v) is 2.87. The second-order valence-corrected chi connectivity index (χ2v) is 4.13. The molecule has 4 heteroatoms. The minimum Gasteiger partial charge on any atom is -0.392 e. The van der Waals surface area contributed by atoms with Crippen molar-refractivity contribution >= 4 is 5.91 Å². The van der Waals surface area contributed by atoms with Gasteiger partial charge in [0.25, 0.3) is 0 Å². The molecule has 1 rings (SSSR count). The quantitative estimate of drug-likeness (QED) is 0.591. The van der Waals surface area contributed by atoms with Crippen LogP contribution in [-0.4, -0.2) is 30.2 Å². The Balaban J connectivity index is 2.35. The van der Waals surface area contributed by atoms with Crippen LogP contribution in [0.2, 0.25) is 0 Å². The lowest BCUT2D eigenvalue weighted by Crippen LogP contribution is -2.38. The fraction of sp³-hybridized carbons (Fsp3) is 0.900. The van der Waals surface area contributed by atoms with E-state index < -0.39 is 6.10 Å². The number of nitrogens with one attached hydrogen (secondary N) is 1. The number of hydrogen-bond donors (Lipinski definition) is 3. The lowest BCUT2D eigenvalue weighted by Gasteiger charge is -2.17. The van der Waals surface area contributed by atoms with Crippen molar-refractivity contribution in [2.45, 2.75) is 32.3 Å². The van der Waals surface area contributed by atoms with E-state index in [0.717, 1.165) is 19.3 Å². The summed E-state index contributed by atoms with van der Waals surface area (Å²) in [5.74, 6) is 0.460. The SMILES string of the molecule is CC(O)CNC(=O)C1CCCC1CN. The van der Waals surface area contributed by atoms with Gasteiger partial charge in [0.1, 0.15) is 0 Å². The van der Waals surface area contributed by atoms with Crippen LogP contribution in [0.25, 0.3) is 0 Å². The molecule has 1 fully saturated rings. The van der Waals surface area contributed by atoms with Crippen LogP contribution in [0, 0.1) is 11.8 Å². The minimum absolute atomic E-state index is 0.0545. The third kappa shape index (κ3) is 2.96. The van der Waals surface area contributed by atoms with Gasteiger partial charge in [0.15, 0.2) is 0 Å². The van der Waals surface area contributed by atoms with Gasteiger partial charge in [-0.2, -0.15) is 0 Å². The Labute approximate surface area is 84.9 Å². The molecule has 0 aromatic carbocycles. The van der Waals surface area contributed by atoms with Gasteiger partial charge in [-0.15, -0.1) is 0 Å². The number of aliphatic hydroxyl groups is 1. The molecule has 0 aliphatic heterocycles. The van der Waals surface area contributed by atoms with E-state index in [1.807, 2.05) is 0 Å². The van der Waals surface area contributed by atoms with E-state index in [-0.39, 0.29) is 11.8 Å². The largest absolute Gasteiger partial charge is 0.392 e. The Bertz CT molecular complexity index is 195. The van der Waals surface area contributed by atoms with Crippen molar-refractivity contribution in [3.05, 3.63) is 0 Å². The fourth-order valence-electron chi connectivity index (χ4n) is 2.04. The number of rotatable bonds is 4. The van der Waals surface area contributed by atoms with Gasteiger partial charge >= 0.3 is 0 Å². The summed E-state index contributed by atoms with van der Waals surface area (Å²) in [6, 6.07) is 0.